The highest BCUT2D eigenvalue weighted by Gasteiger charge is 2.18. The van der Waals surface area contributed by atoms with Crippen molar-refractivity contribution in [1.29, 1.82) is 0 Å². The Balaban J connectivity index is 2.05. The topological polar surface area (TPSA) is 46.9 Å². The van der Waals surface area contributed by atoms with Gasteiger partial charge in [-0.25, -0.2) is 4.98 Å². The van der Waals surface area contributed by atoms with E-state index in [-0.39, 0.29) is 5.91 Å². The monoisotopic (exact) mass is 237 g/mol. The molecule has 0 radical (unpaired) electrons. The zero-order valence-corrected chi connectivity index (χ0v) is 9.68. The highest BCUT2D eigenvalue weighted by molar-refractivity contribution is 5.99. The first kappa shape index (κ1) is 9.65. The maximum atomic E-state index is 11.4. The standard InChI is InChI=1S/C14H11N3O/c18-14-5-6-17-8-12-10(7-13(17)16-14)9-3-1-2-4-11(9)15-12/h1-4,7-8H,5-6H2,(H,16,18). The molecular weight excluding hydrogens is 226 g/mol. The predicted molar refractivity (Wildman–Crippen MR) is 69.6 cm³/mol. The van der Waals surface area contributed by atoms with Gasteiger partial charge in [-0.3, -0.25) is 4.79 Å². The third-order valence-corrected chi connectivity index (χ3v) is 3.43. The second kappa shape index (κ2) is 3.32. The van der Waals surface area contributed by atoms with Gasteiger partial charge in [-0.2, -0.15) is 0 Å². The van der Waals surface area contributed by atoms with Crippen LogP contribution in [-0.2, 0) is 11.3 Å². The quantitative estimate of drug-likeness (QED) is 0.653. The zero-order valence-electron chi connectivity index (χ0n) is 9.68. The van der Waals surface area contributed by atoms with E-state index in [9.17, 15) is 4.79 Å². The van der Waals surface area contributed by atoms with Gasteiger partial charge in [0.2, 0.25) is 5.91 Å². The van der Waals surface area contributed by atoms with Crippen LogP contribution in [0.3, 0.4) is 0 Å². The fraction of sp³-hybridized carbons (Fsp3) is 0.143. The lowest BCUT2D eigenvalue weighted by atomic mass is 10.1. The van der Waals surface area contributed by atoms with Crippen molar-refractivity contribution in [3.63, 3.8) is 0 Å². The van der Waals surface area contributed by atoms with Crippen molar-refractivity contribution in [2.45, 2.75) is 13.0 Å². The van der Waals surface area contributed by atoms with Crippen LogP contribution in [0.15, 0.2) is 36.5 Å². The second-order valence-electron chi connectivity index (χ2n) is 4.58. The summed E-state index contributed by atoms with van der Waals surface area (Å²) in [6, 6.07) is 10.1. The van der Waals surface area contributed by atoms with E-state index in [0.29, 0.717) is 6.42 Å². The van der Waals surface area contributed by atoms with Crippen molar-refractivity contribution in [1.82, 2.24) is 9.55 Å². The van der Waals surface area contributed by atoms with Gasteiger partial charge in [-0.15, -0.1) is 0 Å². The first-order valence-electron chi connectivity index (χ1n) is 6.00. The average molecular weight is 237 g/mol. The normalized spacial score (nSPS) is 14.8. The Morgan fingerprint density at radius 2 is 2.17 bits per heavy atom. The molecule has 0 unspecified atom stereocenters. The number of nitrogens with zero attached hydrogens (tertiary/aromatic N) is 2. The first-order chi connectivity index (χ1) is 8.81. The summed E-state index contributed by atoms with van der Waals surface area (Å²) in [5.74, 6) is 0.940. The summed E-state index contributed by atoms with van der Waals surface area (Å²) in [6.07, 6.45) is 2.55. The Labute approximate surface area is 104 Å². The van der Waals surface area contributed by atoms with Gasteiger partial charge in [0.05, 0.1) is 11.2 Å². The SMILES string of the molecule is O=C1CCn2cc3nc4ccccc4c-3cc2N1. The molecule has 4 nitrogen and oxygen atoms in total. The number of nitrogens with one attached hydrogen (secondary N) is 1. The van der Waals surface area contributed by atoms with E-state index < -0.39 is 0 Å². The number of hydrogen-bond acceptors (Lipinski definition) is 2. The van der Waals surface area contributed by atoms with E-state index in [1.807, 2.05) is 30.5 Å². The number of para-hydroxylation sites is 1. The van der Waals surface area contributed by atoms with Crippen molar-refractivity contribution in [2.24, 2.45) is 0 Å². The number of amides is 1. The molecule has 3 aliphatic heterocycles. The molecule has 0 aliphatic carbocycles. The van der Waals surface area contributed by atoms with Gasteiger partial charge < -0.3 is 9.88 Å². The molecular formula is C14H11N3O. The van der Waals surface area contributed by atoms with Crippen LogP contribution in [0, 0.1) is 0 Å². The number of fused-ring (bicyclic) bond motifs is 4. The van der Waals surface area contributed by atoms with Gasteiger partial charge >= 0.3 is 0 Å². The van der Waals surface area contributed by atoms with E-state index >= 15 is 0 Å². The van der Waals surface area contributed by atoms with E-state index in [0.717, 1.165) is 34.5 Å². The molecule has 0 aromatic heterocycles. The number of carbonyl (C=O) groups is 1. The predicted octanol–water partition coefficient (Wildman–Crippen LogP) is 2.48. The third-order valence-electron chi connectivity index (χ3n) is 3.43. The summed E-state index contributed by atoms with van der Waals surface area (Å²) in [5, 5.41) is 4.04. The molecule has 1 aromatic rings. The Morgan fingerprint density at radius 1 is 1.28 bits per heavy atom. The average Bonchev–Trinajstić information content (AvgIpc) is 2.74. The van der Waals surface area contributed by atoms with Gasteiger partial charge in [-0.1, -0.05) is 18.2 Å². The fourth-order valence-corrected chi connectivity index (χ4v) is 2.53. The number of hydrogen-bond donors (Lipinski definition) is 1. The molecule has 0 spiro atoms. The van der Waals surface area contributed by atoms with E-state index in [2.05, 4.69) is 20.9 Å². The molecule has 3 aliphatic rings. The molecule has 88 valence electrons. The summed E-state index contributed by atoms with van der Waals surface area (Å²) in [7, 11) is 0. The van der Waals surface area contributed by atoms with Crippen LogP contribution in [0.1, 0.15) is 6.42 Å². The van der Waals surface area contributed by atoms with Crippen LogP contribution in [0.2, 0.25) is 0 Å². The molecule has 1 amide bonds. The van der Waals surface area contributed by atoms with Gasteiger partial charge in [-0.05, 0) is 12.1 Å². The molecule has 0 saturated heterocycles. The van der Waals surface area contributed by atoms with Crippen molar-refractivity contribution >= 4 is 22.6 Å². The minimum atomic E-state index is 0.0816. The maximum Gasteiger partial charge on any atom is 0.227 e. The van der Waals surface area contributed by atoms with Crippen LogP contribution in [0.5, 0.6) is 0 Å². The van der Waals surface area contributed by atoms with Gasteiger partial charge in [0.15, 0.2) is 0 Å². The summed E-state index contributed by atoms with van der Waals surface area (Å²) >= 11 is 0. The largest absolute Gasteiger partial charge is 0.332 e. The molecule has 0 saturated carbocycles. The summed E-state index contributed by atoms with van der Waals surface area (Å²) in [5.41, 5.74) is 3.08. The van der Waals surface area contributed by atoms with E-state index in [1.54, 1.807) is 0 Å². The highest BCUT2D eigenvalue weighted by atomic mass is 16.1. The Hall–Kier alpha value is -2.36. The highest BCUT2D eigenvalue weighted by Crippen LogP contribution is 2.33. The number of benzene rings is 1. The second-order valence-corrected chi connectivity index (χ2v) is 4.58. The van der Waals surface area contributed by atoms with Crippen molar-refractivity contribution in [3.8, 4) is 11.3 Å². The van der Waals surface area contributed by atoms with Crippen LogP contribution in [0.25, 0.3) is 22.2 Å². The maximum absolute atomic E-state index is 11.4. The molecule has 4 heteroatoms. The van der Waals surface area contributed by atoms with Crippen LogP contribution >= 0.6 is 0 Å². The van der Waals surface area contributed by atoms with Gasteiger partial charge in [0.25, 0.3) is 0 Å². The van der Waals surface area contributed by atoms with Crippen LogP contribution in [-0.4, -0.2) is 15.5 Å². The number of aryl methyl sites for hydroxylation is 1. The molecule has 0 atom stereocenters. The Morgan fingerprint density at radius 3 is 3.11 bits per heavy atom. The number of carbonyl (C=O) groups excluding carboxylic acids is 1. The molecule has 4 rings (SSSR count). The fourth-order valence-electron chi connectivity index (χ4n) is 2.53. The summed E-state index contributed by atoms with van der Waals surface area (Å²) in [6.45, 7) is 0.723. The number of pyridine rings is 1. The third kappa shape index (κ3) is 1.26. The van der Waals surface area contributed by atoms with Crippen molar-refractivity contribution in [3.05, 3.63) is 36.5 Å². The Kier molecular flexibility index (Phi) is 1.78. The lowest BCUT2D eigenvalue weighted by Gasteiger charge is -2.20. The number of anilines is 1. The lowest BCUT2D eigenvalue weighted by Crippen LogP contribution is -2.24. The zero-order chi connectivity index (χ0) is 12.1. The van der Waals surface area contributed by atoms with Crippen LogP contribution in [0.4, 0.5) is 5.82 Å². The Bertz CT molecular complexity index is 744. The van der Waals surface area contributed by atoms with E-state index in [1.165, 1.54) is 0 Å². The minimum Gasteiger partial charge on any atom is -0.332 e. The van der Waals surface area contributed by atoms with E-state index in [4.69, 9.17) is 0 Å². The number of rotatable bonds is 0. The van der Waals surface area contributed by atoms with Gasteiger partial charge in [0.1, 0.15) is 5.82 Å². The number of aromatic nitrogens is 2. The van der Waals surface area contributed by atoms with Crippen molar-refractivity contribution < 1.29 is 4.79 Å². The lowest BCUT2D eigenvalue weighted by molar-refractivity contribution is -0.116. The summed E-state index contributed by atoms with van der Waals surface area (Å²) < 4.78 is 2.05. The smallest absolute Gasteiger partial charge is 0.227 e. The van der Waals surface area contributed by atoms with Gasteiger partial charge in [0, 0.05) is 30.1 Å². The molecule has 1 aromatic carbocycles. The molecule has 3 heterocycles. The molecule has 1 N–H and O–H groups in total. The van der Waals surface area contributed by atoms with Crippen LogP contribution < -0.4 is 5.32 Å². The molecule has 18 heavy (non-hydrogen) atoms. The first-order valence-corrected chi connectivity index (χ1v) is 6.00. The summed E-state index contributed by atoms with van der Waals surface area (Å²) in [4.78, 5) is 16.0. The molecule has 0 bridgehead atoms. The van der Waals surface area contributed by atoms with Crippen molar-refractivity contribution in [2.75, 3.05) is 5.32 Å². The molecule has 0 fully saturated rings. The minimum absolute atomic E-state index is 0.0816.